The number of ether oxygens (including phenoxy) is 1. The van der Waals surface area contributed by atoms with E-state index in [-0.39, 0.29) is 0 Å². The lowest BCUT2D eigenvalue weighted by molar-refractivity contribution is 0.0422. The summed E-state index contributed by atoms with van der Waals surface area (Å²) in [5.74, 6) is 0.495. The van der Waals surface area contributed by atoms with Gasteiger partial charge in [-0.15, -0.1) is 0 Å². The summed E-state index contributed by atoms with van der Waals surface area (Å²) >= 11 is 0. The molecule has 0 saturated carbocycles. The lowest BCUT2D eigenvalue weighted by atomic mass is 10.0. The quantitative estimate of drug-likeness (QED) is 0.677. The Morgan fingerprint density at radius 2 is 1.88 bits per heavy atom. The van der Waals surface area contributed by atoms with Gasteiger partial charge in [-0.1, -0.05) is 13.8 Å². The maximum atomic E-state index is 12.1. The molecule has 1 rings (SSSR count). The maximum Gasteiger partial charge on any atom is 0.407 e. The number of pyridine rings is 1. The molecule has 0 bridgehead atoms. The van der Waals surface area contributed by atoms with Crippen molar-refractivity contribution in [1.29, 1.82) is 0 Å². The van der Waals surface area contributed by atoms with Gasteiger partial charge in [0, 0.05) is 18.9 Å². The molecule has 136 valence electrons. The second kappa shape index (κ2) is 9.59. The Hall–Kier alpha value is -1.66. The van der Waals surface area contributed by atoms with E-state index in [0.717, 1.165) is 12.1 Å². The van der Waals surface area contributed by atoms with Gasteiger partial charge in [-0.25, -0.2) is 4.79 Å². The van der Waals surface area contributed by atoms with Crippen LogP contribution < -0.4 is 10.6 Å². The zero-order chi connectivity index (χ0) is 18.2. The fraction of sp³-hybridized carbons (Fsp3) is 0.667. The number of hydrogen-bond acceptors (Lipinski definition) is 5. The molecule has 0 spiro atoms. The van der Waals surface area contributed by atoms with Crippen molar-refractivity contribution in [3.63, 3.8) is 0 Å². The highest BCUT2D eigenvalue weighted by Crippen LogP contribution is 2.10. The van der Waals surface area contributed by atoms with Gasteiger partial charge in [-0.3, -0.25) is 4.98 Å². The van der Waals surface area contributed by atoms with E-state index in [1.54, 1.807) is 12.4 Å². The van der Waals surface area contributed by atoms with E-state index >= 15 is 0 Å². The predicted molar refractivity (Wildman–Crippen MR) is 94.8 cm³/mol. The third-order valence-corrected chi connectivity index (χ3v) is 3.28. The molecule has 0 aromatic carbocycles. The first-order valence-electron chi connectivity index (χ1n) is 8.44. The molecule has 24 heavy (non-hydrogen) atoms. The first-order chi connectivity index (χ1) is 11.2. The number of aliphatic hydroxyl groups is 1. The minimum absolute atomic E-state index is 0.406. The molecule has 0 aliphatic heterocycles. The van der Waals surface area contributed by atoms with Crippen LogP contribution in [0.4, 0.5) is 4.79 Å². The van der Waals surface area contributed by atoms with Crippen LogP contribution in [0.15, 0.2) is 24.5 Å². The van der Waals surface area contributed by atoms with Crippen molar-refractivity contribution < 1.29 is 14.6 Å². The molecule has 2 atom stereocenters. The molecule has 0 aliphatic carbocycles. The lowest BCUT2D eigenvalue weighted by Gasteiger charge is -2.27. The van der Waals surface area contributed by atoms with Crippen molar-refractivity contribution in [2.45, 2.75) is 58.8 Å². The molecule has 1 heterocycles. The Morgan fingerprint density at radius 1 is 1.25 bits per heavy atom. The zero-order valence-corrected chi connectivity index (χ0v) is 15.4. The van der Waals surface area contributed by atoms with Crippen LogP contribution in [0, 0.1) is 5.92 Å². The molecule has 1 aromatic heterocycles. The molecular weight excluding hydrogens is 306 g/mol. The predicted octanol–water partition coefficient (Wildman–Crippen LogP) is 2.12. The average Bonchev–Trinajstić information content (AvgIpc) is 2.45. The molecule has 0 aliphatic rings. The van der Waals surface area contributed by atoms with Crippen LogP contribution in [0.3, 0.4) is 0 Å². The summed E-state index contributed by atoms with van der Waals surface area (Å²) in [7, 11) is 0. The molecule has 1 amide bonds. The van der Waals surface area contributed by atoms with Crippen LogP contribution in [-0.2, 0) is 11.2 Å². The number of carbonyl (C=O) groups is 1. The molecule has 0 radical (unpaired) electrons. The fourth-order valence-corrected chi connectivity index (χ4v) is 2.18. The highest BCUT2D eigenvalue weighted by Gasteiger charge is 2.24. The number of hydrogen-bond donors (Lipinski definition) is 3. The first-order valence-corrected chi connectivity index (χ1v) is 8.44. The Labute approximate surface area is 145 Å². The topological polar surface area (TPSA) is 83.5 Å². The second-order valence-corrected chi connectivity index (χ2v) is 7.43. The van der Waals surface area contributed by atoms with Gasteiger partial charge in [0.05, 0.1) is 12.1 Å². The number of nitrogens with one attached hydrogen (secondary N) is 2. The van der Waals surface area contributed by atoms with Gasteiger partial charge in [-0.05, 0) is 57.4 Å². The standard InChI is InChI=1S/C18H31N3O3/c1-13(2)11-20-12-16(22)15(10-14-6-8-19-9-7-14)21-17(23)24-18(3,4)5/h6-9,13,15-16,20,22H,10-12H2,1-5H3,(H,21,23)/t15-,16+/m0/s1. The van der Waals surface area contributed by atoms with E-state index in [2.05, 4.69) is 29.5 Å². The van der Waals surface area contributed by atoms with Crippen LogP contribution >= 0.6 is 0 Å². The van der Waals surface area contributed by atoms with Crippen molar-refractivity contribution in [2.75, 3.05) is 13.1 Å². The monoisotopic (exact) mass is 337 g/mol. The summed E-state index contributed by atoms with van der Waals surface area (Å²) in [5.41, 5.74) is 0.417. The van der Waals surface area contributed by atoms with E-state index < -0.39 is 23.8 Å². The van der Waals surface area contributed by atoms with Crippen LogP contribution in [0.1, 0.15) is 40.2 Å². The van der Waals surface area contributed by atoms with Gasteiger partial charge in [0.25, 0.3) is 0 Å². The van der Waals surface area contributed by atoms with Gasteiger partial charge in [0.2, 0.25) is 0 Å². The van der Waals surface area contributed by atoms with Gasteiger partial charge >= 0.3 is 6.09 Å². The number of alkyl carbamates (subject to hydrolysis) is 1. The van der Waals surface area contributed by atoms with Gasteiger partial charge in [0.15, 0.2) is 0 Å². The van der Waals surface area contributed by atoms with Crippen molar-refractivity contribution in [1.82, 2.24) is 15.6 Å². The lowest BCUT2D eigenvalue weighted by Crippen LogP contribution is -2.50. The van der Waals surface area contributed by atoms with Crippen molar-refractivity contribution in [3.05, 3.63) is 30.1 Å². The number of aliphatic hydroxyl groups excluding tert-OH is 1. The summed E-state index contributed by atoms with van der Waals surface area (Å²) in [4.78, 5) is 16.1. The van der Waals surface area contributed by atoms with Gasteiger partial charge < -0.3 is 20.5 Å². The maximum absolute atomic E-state index is 12.1. The number of rotatable bonds is 8. The minimum atomic E-state index is -0.718. The molecule has 0 unspecified atom stereocenters. The van der Waals surface area contributed by atoms with Crippen molar-refractivity contribution in [2.24, 2.45) is 5.92 Å². The van der Waals surface area contributed by atoms with Crippen LogP contribution in [0.25, 0.3) is 0 Å². The summed E-state index contributed by atoms with van der Waals surface area (Å²) in [6.45, 7) is 10.9. The number of carbonyl (C=O) groups excluding carboxylic acids is 1. The minimum Gasteiger partial charge on any atom is -0.444 e. The highest BCUT2D eigenvalue weighted by atomic mass is 16.6. The largest absolute Gasteiger partial charge is 0.444 e. The van der Waals surface area contributed by atoms with Crippen LogP contribution in [-0.4, -0.2) is 47.0 Å². The molecule has 0 saturated heterocycles. The van der Waals surface area contributed by atoms with Gasteiger partial charge in [-0.2, -0.15) is 0 Å². The zero-order valence-electron chi connectivity index (χ0n) is 15.4. The Morgan fingerprint density at radius 3 is 2.42 bits per heavy atom. The second-order valence-electron chi connectivity index (χ2n) is 7.43. The van der Waals surface area contributed by atoms with Crippen LogP contribution in [0.2, 0.25) is 0 Å². The summed E-state index contributed by atoms with van der Waals surface area (Å²) < 4.78 is 5.30. The number of aromatic nitrogens is 1. The highest BCUT2D eigenvalue weighted by molar-refractivity contribution is 5.68. The van der Waals surface area contributed by atoms with E-state index in [9.17, 15) is 9.90 Å². The smallest absolute Gasteiger partial charge is 0.407 e. The normalized spacial score (nSPS) is 14.3. The van der Waals surface area contributed by atoms with Crippen LogP contribution in [0.5, 0.6) is 0 Å². The number of nitrogens with zero attached hydrogens (tertiary/aromatic N) is 1. The Bertz CT molecular complexity index is 486. The molecule has 6 nitrogen and oxygen atoms in total. The molecule has 0 fully saturated rings. The summed E-state index contributed by atoms with van der Waals surface area (Å²) in [6.07, 6.45) is 2.66. The van der Waals surface area contributed by atoms with E-state index in [4.69, 9.17) is 4.74 Å². The van der Waals surface area contributed by atoms with Crippen molar-refractivity contribution in [3.8, 4) is 0 Å². The van der Waals surface area contributed by atoms with Gasteiger partial charge in [0.1, 0.15) is 5.60 Å². The van der Waals surface area contributed by atoms with Crippen molar-refractivity contribution >= 4 is 6.09 Å². The molecule has 6 heteroatoms. The van der Waals surface area contributed by atoms with E-state index in [1.807, 2.05) is 32.9 Å². The molecule has 1 aromatic rings. The molecule has 3 N–H and O–H groups in total. The molecular formula is C18H31N3O3. The number of amides is 1. The summed E-state index contributed by atoms with van der Waals surface area (Å²) in [6, 6.07) is 3.30. The third-order valence-electron chi connectivity index (χ3n) is 3.28. The summed E-state index contributed by atoms with van der Waals surface area (Å²) in [5, 5.41) is 16.5. The Balaban J connectivity index is 2.69. The fourth-order valence-electron chi connectivity index (χ4n) is 2.18. The first kappa shape index (κ1) is 20.4. The average molecular weight is 337 g/mol. The Kier molecular flexibility index (Phi) is 8.15. The SMILES string of the molecule is CC(C)CNC[C@@H](O)[C@H](Cc1ccncc1)NC(=O)OC(C)(C)C. The third kappa shape index (κ3) is 8.84. The van der Waals surface area contributed by atoms with E-state index in [1.165, 1.54) is 0 Å². The van der Waals surface area contributed by atoms with E-state index in [0.29, 0.717) is 18.9 Å².